The smallest absolute Gasteiger partial charge is 0.410 e. The normalized spacial score (nSPS) is 18.0. The van der Waals surface area contributed by atoms with Crippen LogP contribution in [0.5, 0.6) is 0 Å². The Labute approximate surface area is 146 Å². The van der Waals surface area contributed by atoms with Crippen LogP contribution in [-0.4, -0.2) is 40.7 Å². The third kappa shape index (κ3) is 3.73. The zero-order valence-corrected chi connectivity index (χ0v) is 14.9. The molecule has 0 aliphatic carbocycles. The lowest BCUT2D eigenvalue weighted by atomic mass is 10.1. The van der Waals surface area contributed by atoms with Crippen LogP contribution < -0.4 is 5.32 Å². The minimum atomic E-state index is -0.472. The lowest BCUT2D eigenvalue weighted by molar-refractivity contribution is 0.0293. The van der Waals surface area contributed by atoms with Gasteiger partial charge in [-0.05, 0) is 39.3 Å². The Morgan fingerprint density at radius 3 is 2.92 bits per heavy atom. The largest absolute Gasteiger partial charge is 0.444 e. The molecule has 1 aromatic carbocycles. The molecular formula is C18H22ClN3O2. The monoisotopic (exact) mass is 347 g/mol. The van der Waals surface area contributed by atoms with Gasteiger partial charge in [0.2, 0.25) is 0 Å². The maximum atomic E-state index is 12.2. The van der Waals surface area contributed by atoms with Crippen LogP contribution in [0.2, 0.25) is 5.02 Å². The van der Waals surface area contributed by atoms with Gasteiger partial charge >= 0.3 is 6.09 Å². The number of likely N-dealkylation sites (tertiary alicyclic amines) is 1. The zero-order valence-electron chi connectivity index (χ0n) is 14.2. The van der Waals surface area contributed by atoms with E-state index in [4.69, 9.17) is 16.3 Å². The van der Waals surface area contributed by atoms with E-state index >= 15 is 0 Å². The highest BCUT2D eigenvalue weighted by Crippen LogP contribution is 2.28. The van der Waals surface area contributed by atoms with Crippen LogP contribution in [0.4, 0.5) is 10.5 Å². The van der Waals surface area contributed by atoms with Crippen molar-refractivity contribution in [2.24, 2.45) is 0 Å². The van der Waals surface area contributed by atoms with Crippen LogP contribution in [-0.2, 0) is 4.74 Å². The van der Waals surface area contributed by atoms with Gasteiger partial charge in [0.05, 0.1) is 10.5 Å². The van der Waals surface area contributed by atoms with Crippen molar-refractivity contribution in [2.75, 3.05) is 18.4 Å². The van der Waals surface area contributed by atoms with Gasteiger partial charge in [-0.1, -0.05) is 23.7 Å². The Bertz CT molecular complexity index is 758. The van der Waals surface area contributed by atoms with Gasteiger partial charge in [0.15, 0.2) is 0 Å². The molecule has 1 aliphatic rings. The van der Waals surface area contributed by atoms with Crippen molar-refractivity contribution in [2.45, 2.75) is 38.8 Å². The van der Waals surface area contributed by atoms with Gasteiger partial charge in [-0.25, -0.2) is 4.79 Å². The minimum Gasteiger partial charge on any atom is -0.444 e. The molecule has 6 heteroatoms. The fourth-order valence-electron chi connectivity index (χ4n) is 2.86. The van der Waals surface area contributed by atoms with Gasteiger partial charge in [0.25, 0.3) is 0 Å². The summed E-state index contributed by atoms with van der Waals surface area (Å²) in [4.78, 5) is 18.3. The Morgan fingerprint density at radius 1 is 1.38 bits per heavy atom. The molecule has 1 aromatic heterocycles. The summed E-state index contributed by atoms with van der Waals surface area (Å²) < 4.78 is 5.44. The number of carbonyl (C=O) groups is 1. The number of nitrogens with zero attached hydrogens (tertiary/aromatic N) is 2. The molecule has 1 aliphatic heterocycles. The Hall–Kier alpha value is -2.01. The Morgan fingerprint density at radius 2 is 2.17 bits per heavy atom. The molecule has 24 heavy (non-hydrogen) atoms. The number of fused-ring (bicyclic) bond motifs is 1. The average molecular weight is 348 g/mol. The van der Waals surface area contributed by atoms with Crippen LogP contribution in [0.15, 0.2) is 30.5 Å². The SMILES string of the molecule is CC(C)(C)OC(=O)N1CC[C@@H](Nc2ccnc3c(Cl)cccc23)C1. The summed E-state index contributed by atoms with van der Waals surface area (Å²) in [5, 5.41) is 5.13. The second-order valence-electron chi connectivity index (χ2n) is 7.05. The summed E-state index contributed by atoms with van der Waals surface area (Å²) in [6.45, 7) is 6.95. The highest BCUT2D eigenvalue weighted by molar-refractivity contribution is 6.35. The molecule has 3 rings (SSSR count). The van der Waals surface area contributed by atoms with Gasteiger partial charge < -0.3 is 15.0 Å². The first kappa shape index (κ1) is 16.8. The summed E-state index contributed by atoms with van der Waals surface area (Å²) in [5.74, 6) is 0. The first-order chi connectivity index (χ1) is 11.3. The van der Waals surface area contributed by atoms with Crippen LogP contribution >= 0.6 is 11.6 Å². The van der Waals surface area contributed by atoms with E-state index in [0.717, 1.165) is 23.0 Å². The standard InChI is InChI=1S/C18H22ClN3O2/c1-18(2,3)24-17(23)22-10-8-12(11-22)21-15-7-9-20-16-13(15)5-4-6-14(16)19/h4-7,9,12H,8,10-11H2,1-3H3,(H,20,21)/t12-/m1/s1. The van der Waals surface area contributed by atoms with E-state index in [1.54, 1.807) is 11.1 Å². The first-order valence-corrected chi connectivity index (χ1v) is 8.49. The number of ether oxygens (including phenoxy) is 1. The molecular weight excluding hydrogens is 326 g/mol. The third-order valence-electron chi connectivity index (χ3n) is 3.92. The predicted molar refractivity (Wildman–Crippen MR) is 96.6 cm³/mol. The van der Waals surface area contributed by atoms with Gasteiger partial charge in [-0.3, -0.25) is 4.98 Å². The van der Waals surface area contributed by atoms with Crippen LogP contribution in [0.25, 0.3) is 10.9 Å². The van der Waals surface area contributed by atoms with E-state index in [2.05, 4.69) is 10.3 Å². The number of hydrogen-bond donors (Lipinski definition) is 1. The summed E-state index contributed by atoms with van der Waals surface area (Å²) in [5.41, 5.74) is 1.30. The van der Waals surface area contributed by atoms with Crippen molar-refractivity contribution < 1.29 is 9.53 Å². The Kier molecular flexibility index (Phi) is 4.54. The van der Waals surface area contributed by atoms with Crippen LogP contribution in [0.1, 0.15) is 27.2 Å². The second-order valence-corrected chi connectivity index (χ2v) is 7.46. The summed E-state index contributed by atoms with van der Waals surface area (Å²) in [6, 6.07) is 7.87. The van der Waals surface area contributed by atoms with E-state index in [9.17, 15) is 4.79 Å². The fourth-order valence-corrected chi connectivity index (χ4v) is 3.08. The summed E-state index contributed by atoms with van der Waals surface area (Å²) >= 11 is 6.21. The highest BCUT2D eigenvalue weighted by Gasteiger charge is 2.29. The summed E-state index contributed by atoms with van der Waals surface area (Å²) in [6.07, 6.45) is 2.37. The molecule has 1 N–H and O–H groups in total. The minimum absolute atomic E-state index is 0.182. The maximum absolute atomic E-state index is 12.2. The molecule has 128 valence electrons. The number of hydrogen-bond acceptors (Lipinski definition) is 4. The Balaban J connectivity index is 1.70. The summed E-state index contributed by atoms with van der Waals surface area (Å²) in [7, 11) is 0. The number of amides is 1. The van der Waals surface area contributed by atoms with E-state index in [-0.39, 0.29) is 12.1 Å². The van der Waals surface area contributed by atoms with E-state index in [1.807, 2.05) is 45.0 Å². The predicted octanol–water partition coefficient (Wildman–Crippen LogP) is 4.31. The van der Waals surface area contributed by atoms with Crippen molar-refractivity contribution >= 4 is 34.3 Å². The third-order valence-corrected chi connectivity index (χ3v) is 4.23. The molecule has 0 bridgehead atoms. The molecule has 0 unspecified atom stereocenters. The second kappa shape index (κ2) is 6.48. The molecule has 2 aromatic rings. The number of benzene rings is 1. The van der Waals surface area contributed by atoms with Gasteiger partial charge in [0.1, 0.15) is 5.60 Å². The molecule has 0 spiro atoms. The highest BCUT2D eigenvalue weighted by atomic mass is 35.5. The molecule has 0 radical (unpaired) electrons. The van der Waals surface area contributed by atoms with Crippen LogP contribution in [0, 0.1) is 0 Å². The lowest BCUT2D eigenvalue weighted by Crippen LogP contribution is -2.36. The number of nitrogens with one attached hydrogen (secondary N) is 1. The average Bonchev–Trinajstić information content (AvgIpc) is 2.95. The number of pyridine rings is 1. The van der Waals surface area contributed by atoms with Gasteiger partial charge in [-0.15, -0.1) is 0 Å². The zero-order chi connectivity index (χ0) is 17.3. The first-order valence-electron chi connectivity index (χ1n) is 8.11. The van der Waals surface area contributed by atoms with Crippen molar-refractivity contribution in [1.82, 2.24) is 9.88 Å². The number of rotatable bonds is 2. The van der Waals surface area contributed by atoms with Gasteiger partial charge in [-0.2, -0.15) is 0 Å². The molecule has 2 heterocycles. The van der Waals surface area contributed by atoms with Crippen LogP contribution in [0.3, 0.4) is 0 Å². The topological polar surface area (TPSA) is 54.5 Å². The number of aromatic nitrogens is 1. The number of halogens is 1. The quantitative estimate of drug-likeness (QED) is 0.879. The molecule has 0 saturated carbocycles. The molecule has 1 fully saturated rings. The van der Waals surface area contributed by atoms with Crippen molar-refractivity contribution in [3.63, 3.8) is 0 Å². The maximum Gasteiger partial charge on any atom is 0.410 e. The van der Waals surface area contributed by atoms with E-state index in [1.165, 1.54) is 0 Å². The number of carbonyl (C=O) groups excluding carboxylic acids is 1. The molecule has 1 atom stereocenters. The number of para-hydroxylation sites is 1. The fraction of sp³-hybridized carbons (Fsp3) is 0.444. The van der Waals surface area contributed by atoms with Crippen molar-refractivity contribution in [3.8, 4) is 0 Å². The van der Waals surface area contributed by atoms with Crippen molar-refractivity contribution in [3.05, 3.63) is 35.5 Å². The number of anilines is 1. The van der Waals surface area contributed by atoms with E-state index < -0.39 is 5.60 Å². The molecule has 1 amide bonds. The molecule has 1 saturated heterocycles. The lowest BCUT2D eigenvalue weighted by Gasteiger charge is -2.24. The van der Waals surface area contributed by atoms with E-state index in [0.29, 0.717) is 18.1 Å². The van der Waals surface area contributed by atoms with Gasteiger partial charge in [0, 0.05) is 36.4 Å². The molecule has 5 nitrogen and oxygen atoms in total. The van der Waals surface area contributed by atoms with Crippen molar-refractivity contribution in [1.29, 1.82) is 0 Å².